The summed E-state index contributed by atoms with van der Waals surface area (Å²) >= 11 is 0. The molecule has 1 fully saturated rings. The molecule has 0 atom stereocenters. The number of piperidine rings is 1. The molecule has 1 heterocycles. The van der Waals surface area contributed by atoms with Crippen LogP contribution in [-0.2, 0) is 16.0 Å². The van der Waals surface area contributed by atoms with Crippen molar-refractivity contribution in [1.29, 1.82) is 0 Å². The van der Waals surface area contributed by atoms with Gasteiger partial charge in [0.1, 0.15) is 11.5 Å². The van der Waals surface area contributed by atoms with E-state index in [0.29, 0.717) is 54.9 Å². The first kappa shape index (κ1) is 33.2. The van der Waals surface area contributed by atoms with Gasteiger partial charge in [0, 0.05) is 13.1 Å². The van der Waals surface area contributed by atoms with Gasteiger partial charge in [0.2, 0.25) is 0 Å². The average Bonchev–Trinajstić information content (AvgIpc) is 2.97. The average molecular weight is 598 g/mol. The van der Waals surface area contributed by atoms with Gasteiger partial charge >= 0.3 is 11.9 Å². The van der Waals surface area contributed by atoms with Crippen LogP contribution < -0.4 is 9.16 Å². The van der Waals surface area contributed by atoms with Gasteiger partial charge < -0.3 is 23.9 Å². The summed E-state index contributed by atoms with van der Waals surface area (Å²) in [6.07, 6.45) is 2.33. The van der Waals surface area contributed by atoms with E-state index in [2.05, 4.69) is 65.8 Å². The highest BCUT2D eigenvalue weighted by atomic mass is 28.4. The fourth-order valence-corrected chi connectivity index (χ4v) is 11.6. The number of amides is 1. The Morgan fingerprint density at radius 3 is 2.05 bits per heavy atom. The second-order valence-electron chi connectivity index (χ2n) is 12.1. The van der Waals surface area contributed by atoms with E-state index in [-0.39, 0.29) is 17.0 Å². The number of likely N-dealkylation sites (tertiary alicyclic amines) is 1. The first-order valence-corrected chi connectivity index (χ1v) is 17.2. The number of benzene rings is 2. The highest BCUT2D eigenvalue weighted by Crippen LogP contribution is 2.42. The van der Waals surface area contributed by atoms with Crippen LogP contribution in [0, 0.1) is 5.92 Å². The molecule has 0 spiro atoms. The van der Waals surface area contributed by atoms with E-state index in [0.717, 1.165) is 18.6 Å². The molecule has 2 aromatic rings. The lowest BCUT2D eigenvalue weighted by Crippen LogP contribution is -2.50. The van der Waals surface area contributed by atoms with Crippen LogP contribution in [0.1, 0.15) is 87.1 Å². The van der Waals surface area contributed by atoms with Crippen molar-refractivity contribution >= 4 is 26.2 Å². The minimum atomic E-state index is -2.01. The Labute approximate surface area is 251 Å². The van der Waals surface area contributed by atoms with E-state index >= 15 is 0 Å². The van der Waals surface area contributed by atoms with Crippen molar-refractivity contribution in [2.24, 2.45) is 5.92 Å². The zero-order valence-corrected chi connectivity index (χ0v) is 27.1. The first-order valence-electron chi connectivity index (χ1n) is 15.1. The van der Waals surface area contributed by atoms with Gasteiger partial charge in [-0.25, -0.2) is 4.79 Å². The monoisotopic (exact) mass is 597 g/mol. The third-order valence-corrected chi connectivity index (χ3v) is 14.6. The molecule has 1 aliphatic heterocycles. The second-order valence-corrected chi connectivity index (χ2v) is 17.5. The van der Waals surface area contributed by atoms with E-state index in [4.69, 9.17) is 13.9 Å². The molecule has 0 unspecified atom stereocenters. The summed E-state index contributed by atoms with van der Waals surface area (Å²) < 4.78 is 17.7. The Bertz CT molecular complexity index is 1200. The molecule has 230 valence electrons. The van der Waals surface area contributed by atoms with Gasteiger partial charge in [-0.05, 0) is 78.2 Å². The van der Waals surface area contributed by atoms with Gasteiger partial charge in [-0.2, -0.15) is 0 Å². The van der Waals surface area contributed by atoms with Crippen LogP contribution >= 0.6 is 0 Å². The molecule has 2 aromatic carbocycles. The predicted molar refractivity (Wildman–Crippen MR) is 166 cm³/mol. The Hall–Kier alpha value is -3.33. The normalized spacial score (nSPS) is 14.4. The molecule has 1 aliphatic rings. The van der Waals surface area contributed by atoms with E-state index in [9.17, 15) is 19.5 Å². The molecule has 1 amide bonds. The number of hydrogen-bond acceptors (Lipinski definition) is 6. The Kier molecular flexibility index (Phi) is 11.6. The lowest BCUT2D eigenvalue weighted by Gasteiger charge is -2.42. The van der Waals surface area contributed by atoms with Crippen LogP contribution in [0.5, 0.6) is 11.5 Å². The van der Waals surface area contributed by atoms with Gasteiger partial charge in [0.05, 0.1) is 30.8 Å². The summed E-state index contributed by atoms with van der Waals surface area (Å²) in [7, 11) is -0.718. The zero-order chi connectivity index (χ0) is 31.0. The SMILES string of the molecule is COC(=O)c1ccc(OCCCc2ccc(O[Si](C(C)C)(C(C)C)C(C)C)cc2)c(C(=O)N2CCC(C(=O)O)CC2)c1. The van der Waals surface area contributed by atoms with Crippen molar-refractivity contribution in [3.8, 4) is 11.5 Å². The van der Waals surface area contributed by atoms with Crippen molar-refractivity contribution in [3.05, 3.63) is 59.2 Å². The molecule has 9 heteroatoms. The number of methoxy groups -OCH3 is 1. The summed E-state index contributed by atoms with van der Waals surface area (Å²) in [4.78, 5) is 38.5. The number of aliphatic carboxylic acids is 1. The van der Waals surface area contributed by atoms with E-state index in [1.54, 1.807) is 17.0 Å². The molecule has 8 nitrogen and oxygen atoms in total. The van der Waals surface area contributed by atoms with E-state index in [1.165, 1.54) is 18.7 Å². The topological polar surface area (TPSA) is 102 Å². The molecule has 0 bridgehead atoms. The number of nitrogens with zero attached hydrogens (tertiary/aromatic N) is 1. The fourth-order valence-electron chi connectivity index (χ4n) is 6.31. The Morgan fingerprint density at radius 1 is 0.929 bits per heavy atom. The van der Waals surface area contributed by atoms with Gasteiger partial charge in [-0.3, -0.25) is 9.59 Å². The van der Waals surface area contributed by atoms with Crippen LogP contribution in [0.15, 0.2) is 42.5 Å². The third kappa shape index (κ3) is 7.73. The van der Waals surface area contributed by atoms with Crippen LogP contribution in [-0.4, -0.2) is 63.0 Å². The summed E-state index contributed by atoms with van der Waals surface area (Å²) in [6.45, 7) is 14.8. The number of aryl methyl sites for hydroxylation is 1. The largest absolute Gasteiger partial charge is 0.543 e. The smallest absolute Gasteiger partial charge is 0.337 e. The summed E-state index contributed by atoms with van der Waals surface area (Å²) in [5.41, 5.74) is 3.23. The molecule has 0 saturated carbocycles. The van der Waals surface area contributed by atoms with Crippen molar-refractivity contribution < 1.29 is 33.4 Å². The highest BCUT2D eigenvalue weighted by molar-refractivity contribution is 6.78. The van der Waals surface area contributed by atoms with Crippen LogP contribution in [0.4, 0.5) is 0 Å². The predicted octanol–water partition coefficient (Wildman–Crippen LogP) is 6.98. The van der Waals surface area contributed by atoms with Crippen molar-refractivity contribution in [3.63, 3.8) is 0 Å². The number of rotatable bonds is 13. The van der Waals surface area contributed by atoms with Crippen molar-refractivity contribution in [1.82, 2.24) is 4.90 Å². The summed E-state index contributed by atoms with van der Waals surface area (Å²) in [5, 5.41) is 9.29. The number of hydrogen-bond donors (Lipinski definition) is 1. The second kappa shape index (κ2) is 14.7. The molecule has 0 radical (unpaired) electrons. The van der Waals surface area contributed by atoms with Crippen molar-refractivity contribution in [2.75, 3.05) is 26.8 Å². The van der Waals surface area contributed by atoms with Gasteiger partial charge in [-0.1, -0.05) is 53.7 Å². The van der Waals surface area contributed by atoms with E-state index < -0.39 is 26.2 Å². The Morgan fingerprint density at radius 2 is 1.52 bits per heavy atom. The third-order valence-electron chi connectivity index (χ3n) is 8.55. The molecule has 3 rings (SSSR count). The lowest BCUT2D eigenvalue weighted by molar-refractivity contribution is -0.143. The minimum absolute atomic E-state index is 0.260. The number of carboxylic acids is 1. The molecule has 1 N–H and O–H groups in total. The van der Waals surface area contributed by atoms with E-state index in [1.807, 2.05) is 0 Å². The number of carbonyl (C=O) groups is 3. The Balaban J connectivity index is 1.64. The number of esters is 1. The van der Waals surface area contributed by atoms with Crippen LogP contribution in [0.25, 0.3) is 0 Å². The molecule has 0 aliphatic carbocycles. The highest BCUT2D eigenvalue weighted by Gasteiger charge is 2.47. The van der Waals surface area contributed by atoms with Crippen LogP contribution in [0.2, 0.25) is 16.6 Å². The zero-order valence-electron chi connectivity index (χ0n) is 26.1. The van der Waals surface area contributed by atoms with Gasteiger partial charge in [0.25, 0.3) is 14.2 Å². The molecule has 1 saturated heterocycles. The first-order chi connectivity index (χ1) is 19.9. The van der Waals surface area contributed by atoms with Crippen molar-refractivity contribution in [2.45, 2.75) is 83.8 Å². The maximum atomic E-state index is 13.4. The van der Waals surface area contributed by atoms with Gasteiger partial charge in [-0.15, -0.1) is 0 Å². The molecular weight excluding hydrogens is 550 g/mol. The quantitative estimate of drug-likeness (QED) is 0.151. The fraction of sp³-hybridized carbons (Fsp3) is 0.545. The maximum absolute atomic E-state index is 13.4. The standard InChI is InChI=1S/C33H47NO7Si/c1-22(2)42(23(3)4,24(5)6)41-28-13-10-25(11-14-28)9-8-20-40-30-15-12-27(33(38)39-7)21-29(30)31(35)34-18-16-26(17-19-34)32(36)37/h10-15,21-24,26H,8-9,16-20H2,1-7H3,(H,36,37). The maximum Gasteiger partial charge on any atom is 0.337 e. The number of carboxylic acid groups (broad SMARTS) is 1. The lowest BCUT2D eigenvalue weighted by atomic mass is 9.96. The summed E-state index contributed by atoms with van der Waals surface area (Å²) in [5.74, 6) is -0.774. The minimum Gasteiger partial charge on any atom is -0.543 e. The summed E-state index contributed by atoms with van der Waals surface area (Å²) in [6, 6.07) is 13.1. The molecular formula is C33H47NO7Si. The molecule has 0 aromatic heterocycles. The molecule has 42 heavy (non-hydrogen) atoms. The number of carbonyl (C=O) groups excluding carboxylic acids is 2. The number of ether oxygens (including phenoxy) is 2. The van der Waals surface area contributed by atoms with Crippen LogP contribution in [0.3, 0.4) is 0 Å². The van der Waals surface area contributed by atoms with Gasteiger partial charge in [0.15, 0.2) is 0 Å².